The molecule has 0 saturated heterocycles. The first-order valence-corrected chi connectivity index (χ1v) is 8.06. The molecule has 1 unspecified atom stereocenters. The molecule has 24 heavy (non-hydrogen) atoms. The molecule has 1 amide bonds. The average Bonchev–Trinajstić information content (AvgIpc) is 2.61. The highest BCUT2D eigenvalue weighted by Crippen LogP contribution is 2.10. The molecule has 0 radical (unpaired) electrons. The zero-order valence-corrected chi connectivity index (χ0v) is 14.5. The summed E-state index contributed by atoms with van der Waals surface area (Å²) in [5, 5.41) is 6.22. The average molecular weight is 350 g/mol. The van der Waals surface area contributed by atoms with Crippen LogP contribution < -0.4 is 21.9 Å². The van der Waals surface area contributed by atoms with E-state index in [4.69, 9.17) is 18.1 Å². The SMILES string of the molecule is CCC(=O)C(=O)C(CC)CNC(=S)Nc1ccc(C(=O)NN)cc1. The Labute approximate surface area is 146 Å². The molecule has 0 spiro atoms. The third-order valence-corrected chi connectivity index (χ3v) is 3.75. The minimum atomic E-state index is -0.396. The number of hydrazine groups is 1. The number of carbonyl (C=O) groups is 3. The molecule has 0 aliphatic heterocycles. The molecule has 8 heteroatoms. The number of amides is 1. The van der Waals surface area contributed by atoms with E-state index in [1.165, 1.54) is 0 Å². The van der Waals surface area contributed by atoms with Crippen LogP contribution in [-0.2, 0) is 9.59 Å². The molecule has 0 aliphatic rings. The zero-order valence-electron chi connectivity index (χ0n) is 13.7. The van der Waals surface area contributed by atoms with E-state index < -0.39 is 5.92 Å². The van der Waals surface area contributed by atoms with E-state index in [1.54, 1.807) is 31.2 Å². The van der Waals surface area contributed by atoms with Crippen LogP contribution in [0.15, 0.2) is 24.3 Å². The van der Waals surface area contributed by atoms with Crippen molar-refractivity contribution < 1.29 is 14.4 Å². The monoisotopic (exact) mass is 350 g/mol. The predicted octanol–water partition coefficient (Wildman–Crippen LogP) is 1.15. The highest BCUT2D eigenvalue weighted by molar-refractivity contribution is 7.80. The summed E-state index contributed by atoms with van der Waals surface area (Å²) in [5.41, 5.74) is 3.16. The highest BCUT2D eigenvalue weighted by atomic mass is 32.1. The number of anilines is 1. The summed E-state index contributed by atoms with van der Waals surface area (Å²) in [6.45, 7) is 3.81. The number of carbonyl (C=O) groups excluding carboxylic acids is 3. The van der Waals surface area contributed by atoms with Gasteiger partial charge in [-0.25, -0.2) is 5.84 Å². The third-order valence-electron chi connectivity index (χ3n) is 3.50. The van der Waals surface area contributed by atoms with Crippen LogP contribution in [0.2, 0.25) is 0 Å². The van der Waals surface area contributed by atoms with Gasteiger partial charge in [-0.15, -0.1) is 0 Å². The number of hydrogen-bond acceptors (Lipinski definition) is 5. The Hall–Kier alpha value is -2.32. The van der Waals surface area contributed by atoms with Crippen molar-refractivity contribution in [2.24, 2.45) is 11.8 Å². The largest absolute Gasteiger partial charge is 0.362 e. The molecule has 1 rings (SSSR count). The van der Waals surface area contributed by atoms with Crippen LogP contribution in [0.1, 0.15) is 37.0 Å². The van der Waals surface area contributed by atoms with Crippen LogP contribution in [0, 0.1) is 5.92 Å². The minimum absolute atomic E-state index is 0.209. The highest BCUT2D eigenvalue weighted by Gasteiger charge is 2.22. The molecule has 0 aromatic heterocycles. The first-order valence-electron chi connectivity index (χ1n) is 7.65. The van der Waals surface area contributed by atoms with Gasteiger partial charge >= 0.3 is 0 Å². The number of hydrogen-bond donors (Lipinski definition) is 4. The standard InChI is InChI=1S/C16H22N4O3S/c1-3-10(14(22)13(21)4-2)9-18-16(24)19-12-7-5-11(6-8-12)15(23)20-17/h5-8,10H,3-4,9,17H2,1-2H3,(H,20,23)(H2,18,19,24). The van der Waals surface area contributed by atoms with Gasteiger partial charge in [0.15, 0.2) is 10.9 Å². The van der Waals surface area contributed by atoms with Gasteiger partial charge in [0.25, 0.3) is 5.91 Å². The maximum absolute atomic E-state index is 11.9. The quantitative estimate of drug-likeness (QED) is 0.183. The summed E-state index contributed by atoms with van der Waals surface area (Å²) in [6.07, 6.45) is 0.768. The van der Waals surface area contributed by atoms with Gasteiger partial charge in [0.2, 0.25) is 5.78 Å². The molecule has 7 nitrogen and oxygen atoms in total. The van der Waals surface area contributed by atoms with Gasteiger partial charge in [-0.2, -0.15) is 0 Å². The summed E-state index contributed by atoms with van der Waals surface area (Å²) in [7, 11) is 0. The zero-order chi connectivity index (χ0) is 18.1. The molecule has 0 saturated carbocycles. The number of thiocarbonyl (C=S) groups is 1. The summed E-state index contributed by atoms with van der Waals surface area (Å²) in [4.78, 5) is 34.7. The van der Waals surface area contributed by atoms with Gasteiger partial charge in [0.1, 0.15) is 0 Å². The fourth-order valence-electron chi connectivity index (χ4n) is 2.00. The van der Waals surface area contributed by atoms with E-state index in [0.717, 1.165) is 0 Å². The van der Waals surface area contributed by atoms with Crippen molar-refractivity contribution in [3.05, 3.63) is 29.8 Å². The number of ketones is 2. The first-order chi connectivity index (χ1) is 11.4. The van der Waals surface area contributed by atoms with E-state index in [2.05, 4.69) is 10.6 Å². The third kappa shape index (κ3) is 5.71. The topological polar surface area (TPSA) is 113 Å². The lowest BCUT2D eigenvalue weighted by atomic mass is 9.97. The Morgan fingerprint density at radius 1 is 1.17 bits per heavy atom. The van der Waals surface area contributed by atoms with Gasteiger partial charge in [0.05, 0.1) is 0 Å². The molecule has 0 bridgehead atoms. The number of nitrogens with two attached hydrogens (primary N) is 1. The van der Waals surface area contributed by atoms with Crippen LogP contribution in [-0.4, -0.2) is 29.1 Å². The van der Waals surface area contributed by atoms with Crippen molar-refractivity contribution in [1.29, 1.82) is 0 Å². The fraction of sp³-hybridized carbons (Fsp3) is 0.375. The summed E-state index contributed by atoms with van der Waals surface area (Å²) >= 11 is 5.17. The minimum Gasteiger partial charge on any atom is -0.362 e. The second-order valence-corrected chi connectivity index (χ2v) is 5.54. The number of rotatable bonds is 8. The maximum atomic E-state index is 11.9. The van der Waals surface area contributed by atoms with Crippen LogP contribution >= 0.6 is 12.2 Å². The summed E-state index contributed by atoms with van der Waals surface area (Å²) < 4.78 is 0. The molecular weight excluding hydrogens is 328 g/mol. The number of nitrogen functional groups attached to an aromatic ring is 1. The van der Waals surface area contributed by atoms with Crippen molar-refractivity contribution >= 4 is 40.5 Å². The molecule has 130 valence electrons. The van der Waals surface area contributed by atoms with Gasteiger partial charge in [-0.05, 0) is 42.9 Å². The van der Waals surface area contributed by atoms with Crippen molar-refractivity contribution in [3.8, 4) is 0 Å². The predicted molar refractivity (Wildman–Crippen MR) is 96.4 cm³/mol. The second kappa shape index (κ2) is 9.74. The Morgan fingerprint density at radius 3 is 2.29 bits per heavy atom. The molecule has 1 aromatic rings. The van der Waals surface area contributed by atoms with Crippen LogP contribution in [0.3, 0.4) is 0 Å². The molecule has 5 N–H and O–H groups in total. The fourth-order valence-corrected chi connectivity index (χ4v) is 2.20. The summed E-state index contributed by atoms with van der Waals surface area (Å²) in [5.74, 6) is 3.55. The molecule has 0 heterocycles. The molecular formula is C16H22N4O3S. The summed E-state index contributed by atoms with van der Waals surface area (Å²) in [6, 6.07) is 6.57. The van der Waals surface area contributed by atoms with Crippen molar-refractivity contribution in [1.82, 2.24) is 10.7 Å². The van der Waals surface area contributed by atoms with Gasteiger partial charge < -0.3 is 10.6 Å². The van der Waals surface area contributed by atoms with Crippen LogP contribution in [0.4, 0.5) is 5.69 Å². The van der Waals surface area contributed by atoms with E-state index in [-0.39, 0.29) is 23.9 Å². The van der Waals surface area contributed by atoms with Crippen molar-refractivity contribution in [2.45, 2.75) is 26.7 Å². The van der Waals surface area contributed by atoms with Crippen molar-refractivity contribution in [2.75, 3.05) is 11.9 Å². The normalized spacial score (nSPS) is 11.3. The van der Waals surface area contributed by atoms with Crippen molar-refractivity contribution in [3.63, 3.8) is 0 Å². The Balaban J connectivity index is 2.55. The Kier molecular flexibility index (Phi) is 8.00. The number of nitrogens with one attached hydrogen (secondary N) is 3. The van der Waals surface area contributed by atoms with Gasteiger partial charge in [-0.3, -0.25) is 19.8 Å². The maximum Gasteiger partial charge on any atom is 0.265 e. The lowest BCUT2D eigenvalue weighted by Crippen LogP contribution is -2.37. The molecule has 0 aliphatic carbocycles. The second-order valence-electron chi connectivity index (χ2n) is 5.13. The van der Waals surface area contributed by atoms with E-state index in [1.807, 2.05) is 12.3 Å². The molecule has 1 aromatic carbocycles. The number of benzene rings is 1. The van der Waals surface area contributed by atoms with E-state index >= 15 is 0 Å². The lowest BCUT2D eigenvalue weighted by molar-refractivity contribution is -0.138. The van der Waals surface area contributed by atoms with Gasteiger partial charge in [-0.1, -0.05) is 13.8 Å². The number of Topliss-reactive ketones (excluding diaryl/α,β-unsaturated/α-hetero) is 2. The Morgan fingerprint density at radius 2 is 1.79 bits per heavy atom. The molecule has 1 atom stereocenters. The van der Waals surface area contributed by atoms with E-state index in [9.17, 15) is 14.4 Å². The van der Waals surface area contributed by atoms with Crippen LogP contribution in [0.25, 0.3) is 0 Å². The van der Waals surface area contributed by atoms with Gasteiger partial charge in [0, 0.05) is 30.1 Å². The van der Waals surface area contributed by atoms with Crippen LogP contribution in [0.5, 0.6) is 0 Å². The Bertz CT molecular complexity index is 616. The smallest absolute Gasteiger partial charge is 0.265 e. The first kappa shape index (κ1) is 19.7. The van der Waals surface area contributed by atoms with E-state index in [0.29, 0.717) is 29.3 Å². The molecule has 0 fully saturated rings. The lowest BCUT2D eigenvalue weighted by Gasteiger charge is -2.16.